The number of hydrogen-bond donors (Lipinski definition) is 3. The van der Waals surface area contributed by atoms with Crippen LogP contribution in [0.2, 0.25) is 5.02 Å². The molecule has 216 valence electrons. The van der Waals surface area contributed by atoms with Crippen LogP contribution in [0.15, 0.2) is 70.2 Å². The quantitative estimate of drug-likeness (QED) is 0.140. The van der Waals surface area contributed by atoms with Gasteiger partial charge in [0.05, 0.1) is 24.1 Å². The first-order valence-corrected chi connectivity index (χ1v) is 13.1. The number of hydrogen-bond acceptors (Lipinski definition) is 6. The molecule has 9 nitrogen and oxygen atoms in total. The average molecular weight is 656 g/mol. The van der Waals surface area contributed by atoms with Crippen molar-refractivity contribution in [2.75, 3.05) is 23.8 Å². The highest BCUT2D eigenvalue weighted by Crippen LogP contribution is 2.36. The lowest BCUT2D eigenvalue weighted by molar-refractivity contribution is -0.137. The van der Waals surface area contributed by atoms with Crippen LogP contribution in [-0.2, 0) is 20.6 Å². The maximum Gasteiger partial charge on any atom is 0.418 e. The zero-order chi connectivity index (χ0) is 30.0. The van der Waals surface area contributed by atoms with Crippen molar-refractivity contribution in [3.8, 4) is 11.5 Å². The van der Waals surface area contributed by atoms with Gasteiger partial charge in [-0.25, -0.2) is 5.43 Å². The summed E-state index contributed by atoms with van der Waals surface area (Å²) in [5.41, 5.74) is 1.18. The summed E-state index contributed by atoms with van der Waals surface area (Å²) >= 11 is 8.99. The lowest BCUT2D eigenvalue weighted by Crippen LogP contribution is -2.32. The lowest BCUT2D eigenvalue weighted by atomic mass is 10.1. The smallest absolute Gasteiger partial charge is 0.418 e. The van der Waals surface area contributed by atoms with Crippen molar-refractivity contribution in [1.82, 2.24) is 5.43 Å². The summed E-state index contributed by atoms with van der Waals surface area (Å²) in [7, 11) is 0. The molecule has 0 atom stereocenters. The molecule has 0 radical (unpaired) electrons. The number of ether oxygens (including phenoxy) is 2. The molecule has 3 N–H and O–H groups in total. The average Bonchev–Trinajstić information content (AvgIpc) is 2.92. The van der Waals surface area contributed by atoms with Crippen molar-refractivity contribution < 1.29 is 37.0 Å². The maximum absolute atomic E-state index is 13.3. The van der Waals surface area contributed by atoms with E-state index < -0.39 is 41.8 Å². The second-order valence-corrected chi connectivity index (χ2v) is 9.58. The molecule has 14 heteroatoms. The summed E-state index contributed by atoms with van der Waals surface area (Å²) in [4.78, 5) is 36.7. The third-order valence-corrected chi connectivity index (χ3v) is 5.78. The predicted molar refractivity (Wildman–Crippen MR) is 151 cm³/mol. The summed E-state index contributed by atoms with van der Waals surface area (Å²) in [6.45, 7) is 1.87. The zero-order valence-electron chi connectivity index (χ0n) is 21.4. The van der Waals surface area contributed by atoms with Gasteiger partial charge in [-0.3, -0.25) is 14.4 Å². The van der Waals surface area contributed by atoms with Crippen LogP contribution in [-0.4, -0.2) is 37.1 Å². The van der Waals surface area contributed by atoms with Gasteiger partial charge in [-0.2, -0.15) is 18.3 Å². The molecular weight excluding hydrogens is 633 g/mol. The summed E-state index contributed by atoms with van der Waals surface area (Å²) in [5, 5.41) is 8.58. The summed E-state index contributed by atoms with van der Waals surface area (Å²) in [6.07, 6.45) is -2.72. The molecule has 0 aromatic heterocycles. The van der Waals surface area contributed by atoms with Gasteiger partial charge >= 0.3 is 18.0 Å². The van der Waals surface area contributed by atoms with Gasteiger partial charge in [-0.05, 0) is 67.1 Å². The molecule has 3 aromatic carbocycles. The number of rotatable bonds is 10. The van der Waals surface area contributed by atoms with Crippen LogP contribution in [0, 0.1) is 0 Å². The first-order chi connectivity index (χ1) is 19.5. The predicted octanol–water partition coefficient (Wildman–Crippen LogP) is 6.02. The number of halogens is 5. The number of anilines is 2. The van der Waals surface area contributed by atoms with Crippen LogP contribution in [0.1, 0.15) is 24.5 Å². The highest BCUT2D eigenvalue weighted by atomic mass is 79.9. The number of alkyl halides is 3. The molecule has 0 saturated heterocycles. The van der Waals surface area contributed by atoms with E-state index in [-0.39, 0.29) is 20.8 Å². The minimum absolute atomic E-state index is 0.0873. The Bertz CT molecular complexity index is 1440. The molecule has 3 amide bonds. The molecular formula is C27H23BrClF3N4O5. The van der Waals surface area contributed by atoms with Crippen LogP contribution in [0.4, 0.5) is 24.5 Å². The molecule has 0 aliphatic rings. The Labute approximate surface area is 246 Å². The van der Waals surface area contributed by atoms with Crippen molar-refractivity contribution in [3.05, 3.63) is 81.3 Å². The van der Waals surface area contributed by atoms with Crippen molar-refractivity contribution in [3.63, 3.8) is 0 Å². The van der Waals surface area contributed by atoms with Gasteiger partial charge in [-0.15, -0.1) is 0 Å². The Hall–Kier alpha value is -4.10. The second-order valence-electron chi connectivity index (χ2n) is 8.23. The van der Waals surface area contributed by atoms with Gasteiger partial charge in [0.1, 0.15) is 11.5 Å². The Kier molecular flexibility index (Phi) is 11.1. The van der Waals surface area contributed by atoms with E-state index in [0.29, 0.717) is 18.0 Å². The van der Waals surface area contributed by atoms with E-state index in [0.717, 1.165) is 24.8 Å². The molecule has 0 fully saturated rings. The third kappa shape index (κ3) is 9.80. The molecule has 0 aliphatic heterocycles. The minimum atomic E-state index is -4.69. The number of benzene rings is 3. The number of carbonyl (C=O) groups excluding carboxylic acids is 3. The SMILES string of the molecule is CCCOc1ccc(NC(=O)C(=O)N/N=C\c2cc(Cl)ccc2OCC(=O)Nc2ccc(Br)cc2C(F)(F)F)cc1. The molecule has 0 saturated carbocycles. The van der Waals surface area contributed by atoms with Crippen LogP contribution in [0.3, 0.4) is 0 Å². The normalized spacial score (nSPS) is 11.2. The Morgan fingerprint density at radius 1 is 0.976 bits per heavy atom. The van der Waals surface area contributed by atoms with Crippen molar-refractivity contribution in [2.24, 2.45) is 5.10 Å². The Morgan fingerprint density at radius 3 is 2.39 bits per heavy atom. The standard InChI is InChI=1S/C27H23BrClF3N4O5/c1-2-11-40-20-7-5-19(6-8-20)34-25(38)26(39)36-33-14-16-12-18(29)4-10-23(16)41-15-24(37)35-22-9-3-17(28)13-21(22)27(30,31)32/h3-10,12-14H,2,11,15H2,1H3,(H,34,38)(H,35,37)(H,36,39)/b33-14-. The summed E-state index contributed by atoms with van der Waals surface area (Å²) in [5.74, 6) is -2.19. The summed E-state index contributed by atoms with van der Waals surface area (Å²) < 4.78 is 51.0. The molecule has 0 bridgehead atoms. The van der Waals surface area contributed by atoms with Crippen LogP contribution >= 0.6 is 27.5 Å². The molecule has 0 unspecified atom stereocenters. The van der Waals surface area contributed by atoms with E-state index in [1.54, 1.807) is 24.3 Å². The van der Waals surface area contributed by atoms with Crippen LogP contribution in [0.25, 0.3) is 0 Å². The van der Waals surface area contributed by atoms with E-state index in [4.69, 9.17) is 21.1 Å². The molecule has 0 spiro atoms. The molecule has 0 heterocycles. The van der Waals surface area contributed by atoms with Crippen molar-refractivity contribution >= 4 is 62.8 Å². The minimum Gasteiger partial charge on any atom is -0.494 e. The lowest BCUT2D eigenvalue weighted by Gasteiger charge is -2.15. The van der Waals surface area contributed by atoms with Gasteiger partial charge in [0.15, 0.2) is 6.61 Å². The second kappa shape index (κ2) is 14.5. The van der Waals surface area contributed by atoms with Crippen molar-refractivity contribution in [1.29, 1.82) is 0 Å². The first kappa shape index (κ1) is 31.4. The Balaban J connectivity index is 1.58. The van der Waals surface area contributed by atoms with E-state index in [1.807, 2.05) is 6.92 Å². The van der Waals surface area contributed by atoms with Crippen molar-refractivity contribution in [2.45, 2.75) is 19.5 Å². The van der Waals surface area contributed by atoms with Gasteiger partial charge in [0, 0.05) is 20.7 Å². The first-order valence-electron chi connectivity index (χ1n) is 11.9. The number of hydrazone groups is 1. The van der Waals surface area contributed by atoms with Crippen LogP contribution in [0.5, 0.6) is 11.5 Å². The maximum atomic E-state index is 13.3. The summed E-state index contributed by atoms with van der Waals surface area (Å²) in [6, 6.07) is 14.0. The highest BCUT2D eigenvalue weighted by molar-refractivity contribution is 9.10. The van der Waals surface area contributed by atoms with E-state index >= 15 is 0 Å². The van der Waals surface area contributed by atoms with E-state index in [2.05, 4.69) is 37.1 Å². The number of nitrogens with zero attached hydrogens (tertiary/aromatic N) is 1. The largest absolute Gasteiger partial charge is 0.494 e. The molecule has 3 aromatic rings. The number of carbonyl (C=O) groups is 3. The zero-order valence-corrected chi connectivity index (χ0v) is 23.7. The monoisotopic (exact) mass is 654 g/mol. The molecule has 0 aliphatic carbocycles. The number of nitrogens with one attached hydrogen (secondary N) is 3. The highest BCUT2D eigenvalue weighted by Gasteiger charge is 2.34. The van der Waals surface area contributed by atoms with Gasteiger partial charge < -0.3 is 20.1 Å². The fourth-order valence-corrected chi connectivity index (χ4v) is 3.74. The molecule has 41 heavy (non-hydrogen) atoms. The van der Waals surface area contributed by atoms with Crippen LogP contribution < -0.4 is 25.5 Å². The van der Waals surface area contributed by atoms with Gasteiger partial charge in [-0.1, -0.05) is 34.5 Å². The fourth-order valence-electron chi connectivity index (χ4n) is 3.19. The van der Waals surface area contributed by atoms with E-state index in [1.165, 1.54) is 24.3 Å². The third-order valence-electron chi connectivity index (χ3n) is 5.05. The van der Waals surface area contributed by atoms with E-state index in [9.17, 15) is 27.6 Å². The number of amides is 3. The molecule has 3 rings (SSSR count). The Morgan fingerprint density at radius 2 is 1.71 bits per heavy atom. The van der Waals surface area contributed by atoms with Gasteiger partial charge in [0.2, 0.25) is 0 Å². The topological polar surface area (TPSA) is 118 Å². The fraction of sp³-hybridized carbons (Fsp3) is 0.185. The van der Waals surface area contributed by atoms with Gasteiger partial charge in [0.25, 0.3) is 5.91 Å².